The van der Waals surface area contributed by atoms with Crippen LogP contribution in [0.5, 0.6) is 5.75 Å². The fourth-order valence-electron chi connectivity index (χ4n) is 2.67. The Hall–Kier alpha value is -3.74. The zero-order chi connectivity index (χ0) is 20.6. The number of ether oxygens (including phenoxy) is 1. The lowest BCUT2D eigenvalue weighted by Crippen LogP contribution is -2.26. The summed E-state index contributed by atoms with van der Waals surface area (Å²) in [6.07, 6.45) is 2.23. The molecule has 1 heterocycles. The van der Waals surface area contributed by atoms with Gasteiger partial charge in [0.2, 0.25) is 5.95 Å². The molecule has 3 rings (SSSR count). The molecule has 29 heavy (non-hydrogen) atoms. The maximum absolute atomic E-state index is 12.4. The number of hydrogen-bond donors (Lipinski definition) is 2. The lowest BCUT2D eigenvalue weighted by atomic mass is 10.1. The number of anilines is 2. The van der Waals surface area contributed by atoms with E-state index in [0.717, 1.165) is 17.0 Å². The number of carbonyl (C=O) groups excluding carboxylic acids is 2. The largest absolute Gasteiger partial charge is 0.497 e. The minimum absolute atomic E-state index is 0.00103. The van der Waals surface area contributed by atoms with Crippen molar-refractivity contribution >= 4 is 23.3 Å². The standard InChI is InChI=1S/C22H22N4O3/c1-15(27)17-5-7-18(8-6-17)25-22-24-14-12-20(26-22)21(28)23-13-11-16-3-9-19(29-2)10-4-16/h3-10,12,14H,11,13H2,1-2H3,(H,23,28)(H,24,25,26). The van der Waals surface area contributed by atoms with E-state index in [2.05, 4.69) is 20.6 Å². The van der Waals surface area contributed by atoms with Crippen molar-refractivity contribution in [3.05, 3.63) is 77.6 Å². The number of Topliss-reactive ketones (excluding diaryl/α,β-unsaturated/α-hetero) is 1. The summed E-state index contributed by atoms with van der Waals surface area (Å²) < 4.78 is 5.13. The highest BCUT2D eigenvalue weighted by atomic mass is 16.5. The average Bonchev–Trinajstić information content (AvgIpc) is 2.75. The van der Waals surface area contributed by atoms with Crippen molar-refractivity contribution in [2.75, 3.05) is 19.0 Å². The van der Waals surface area contributed by atoms with Crippen LogP contribution in [-0.4, -0.2) is 35.3 Å². The van der Waals surface area contributed by atoms with Gasteiger partial charge < -0.3 is 15.4 Å². The van der Waals surface area contributed by atoms with Gasteiger partial charge in [0.15, 0.2) is 5.78 Å². The van der Waals surface area contributed by atoms with Crippen molar-refractivity contribution in [2.45, 2.75) is 13.3 Å². The van der Waals surface area contributed by atoms with E-state index in [9.17, 15) is 9.59 Å². The first-order chi connectivity index (χ1) is 14.0. The lowest BCUT2D eigenvalue weighted by molar-refractivity contribution is 0.0948. The van der Waals surface area contributed by atoms with Crippen molar-refractivity contribution in [3.8, 4) is 5.75 Å². The lowest BCUT2D eigenvalue weighted by Gasteiger charge is -2.08. The molecule has 7 nitrogen and oxygen atoms in total. The first-order valence-corrected chi connectivity index (χ1v) is 9.17. The maximum atomic E-state index is 12.4. The van der Waals surface area contributed by atoms with Gasteiger partial charge in [0, 0.05) is 24.0 Å². The minimum Gasteiger partial charge on any atom is -0.497 e. The number of aromatic nitrogens is 2. The monoisotopic (exact) mass is 390 g/mol. The van der Waals surface area contributed by atoms with Crippen LogP contribution >= 0.6 is 0 Å². The second-order valence-electron chi connectivity index (χ2n) is 6.38. The summed E-state index contributed by atoms with van der Waals surface area (Å²) in [7, 11) is 1.63. The number of ketones is 1. The van der Waals surface area contributed by atoms with E-state index in [1.165, 1.54) is 13.1 Å². The molecule has 1 amide bonds. The van der Waals surface area contributed by atoms with E-state index in [1.54, 1.807) is 37.4 Å². The Morgan fingerprint density at radius 1 is 1.00 bits per heavy atom. The molecule has 2 N–H and O–H groups in total. The van der Waals surface area contributed by atoms with Crippen LogP contribution in [0.2, 0.25) is 0 Å². The third-order valence-electron chi connectivity index (χ3n) is 4.29. The number of hydrogen-bond acceptors (Lipinski definition) is 6. The Kier molecular flexibility index (Phi) is 6.52. The van der Waals surface area contributed by atoms with E-state index in [0.29, 0.717) is 24.5 Å². The van der Waals surface area contributed by atoms with Gasteiger partial charge in [-0.2, -0.15) is 0 Å². The second kappa shape index (κ2) is 9.45. The van der Waals surface area contributed by atoms with E-state index < -0.39 is 0 Å². The molecule has 0 fully saturated rings. The molecule has 0 saturated heterocycles. The van der Waals surface area contributed by atoms with Crippen LogP contribution in [0, 0.1) is 0 Å². The molecule has 7 heteroatoms. The summed E-state index contributed by atoms with van der Waals surface area (Å²) in [6, 6.07) is 16.3. The van der Waals surface area contributed by atoms with E-state index in [-0.39, 0.29) is 17.4 Å². The molecular weight excluding hydrogens is 368 g/mol. The van der Waals surface area contributed by atoms with Crippen LogP contribution < -0.4 is 15.4 Å². The van der Waals surface area contributed by atoms with Gasteiger partial charge in [-0.3, -0.25) is 9.59 Å². The molecule has 0 unspecified atom stereocenters. The fraction of sp³-hybridized carbons (Fsp3) is 0.182. The van der Waals surface area contributed by atoms with Crippen LogP contribution in [0.15, 0.2) is 60.8 Å². The predicted molar refractivity (Wildman–Crippen MR) is 111 cm³/mol. The molecule has 0 aliphatic rings. The van der Waals surface area contributed by atoms with Gasteiger partial charge in [-0.05, 0) is 61.4 Å². The third kappa shape index (κ3) is 5.62. The number of benzene rings is 2. The summed E-state index contributed by atoms with van der Waals surface area (Å²) in [6.45, 7) is 2.01. The maximum Gasteiger partial charge on any atom is 0.270 e. The van der Waals surface area contributed by atoms with Gasteiger partial charge in [-0.15, -0.1) is 0 Å². The topological polar surface area (TPSA) is 93.2 Å². The van der Waals surface area contributed by atoms with Crippen molar-refractivity contribution in [2.24, 2.45) is 0 Å². The van der Waals surface area contributed by atoms with Crippen LogP contribution in [0.3, 0.4) is 0 Å². The van der Waals surface area contributed by atoms with Gasteiger partial charge >= 0.3 is 0 Å². The van der Waals surface area contributed by atoms with E-state index >= 15 is 0 Å². The molecule has 0 atom stereocenters. The fourth-order valence-corrected chi connectivity index (χ4v) is 2.67. The molecule has 2 aromatic carbocycles. The zero-order valence-corrected chi connectivity index (χ0v) is 16.3. The molecular formula is C22H22N4O3. The molecule has 0 saturated carbocycles. The van der Waals surface area contributed by atoms with Crippen molar-refractivity contribution in [1.82, 2.24) is 15.3 Å². The summed E-state index contributed by atoms with van der Waals surface area (Å²) in [4.78, 5) is 32.1. The zero-order valence-electron chi connectivity index (χ0n) is 16.3. The highest BCUT2D eigenvalue weighted by Crippen LogP contribution is 2.15. The van der Waals surface area contributed by atoms with Crippen LogP contribution in [0.25, 0.3) is 0 Å². The Balaban J connectivity index is 1.56. The Labute approximate surface area is 169 Å². The number of rotatable bonds is 8. The van der Waals surface area contributed by atoms with Gasteiger partial charge in [0.1, 0.15) is 11.4 Å². The molecule has 148 valence electrons. The average molecular weight is 390 g/mol. The second-order valence-corrected chi connectivity index (χ2v) is 6.38. The van der Waals surface area contributed by atoms with Gasteiger partial charge in [0.25, 0.3) is 5.91 Å². The van der Waals surface area contributed by atoms with Crippen LogP contribution in [-0.2, 0) is 6.42 Å². The quantitative estimate of drug-likeness (QED) is 0.573. The third-order valence-corrected chi connectivity index (χ3v) is 4.29. The molecule has 1 aromatic heterocycles. The predicted octanol–water partition coefficient (Wildman–Crippen LogP) is 3.40. The number of amides is 1. The molecule has 0 spiro atoms. The number of nitrogens with zero attached hydrogens (tertiary/aromatic N) is 2. The van der Waals surface area contributed by atoms with Gasteiger partial charge in [-0.25, -0.2) is 9.97 Å². The van der Waals surface area contributed by atoms with E-state index in [4.69, 9.17) is 4.74 Å². The number of carbonyl (C=O) groups is 2. The van der Waals surface area contributed by atoms with Crippen LogP contribution in [0.1, 0.15) is 33.3 Å². The normalized spacial score (nSPS) is 10.3. The molecule has 0 bridgehead atoms. The first-order valence-electron chi connectivity index (χ1n) is 9.17. The molecule has 0 radical (unpaired) electrons. The molecule has 3 aromatic rings. The summed E-state index contributed by atoms with van der Waals surface area (Å²) >= 11 is 0. The SMILES string of the molecule is COc1ccc(CCNC(=O)c2ccnc(Nc3ccc(C(C)=O)cc3)n2)cc1. The molecule has 0 aliphatic carbocycles. The first kappa shape index (κ1) is 20.0. The highest BCUT2D eigenvalue weighted by molar-refractivity contribution is 5.94. The van der Waals surface area contributed by atoms with E-state index in [1.807, 2.05) is 24.3 Å². The summed E-state index contributed by atoms with van der Waals surface area (Å²) in [5, 5.41) is 5.89. The van der Waals surface area contributed by atoms with Gasteiger partial charge in [-0.1, -0.05) is 12.1 Å². The van der Waals surface area contributed by atoms with Gasteiger partial charge in [0.05, 0.1) is 7.11 Å². The highest BCUT2D eigenvalue weighted by Gasteiger charge is 2.09. The van der Waals surface area contributed by atoms with Crippen molar-refractivity contribution in [1.29, 1.82) is 0 Å². The summed E-state index contributed by atoms with van der Waals surface area (Å²) in [5.41, 5.74) is 2.73. The molecule has 0 aliphatic heterocycles. The van der Waals surface area contributed by atoms with Crippen LogP contribution in [0.4, 0.5) is 11.6 Å². The van der Waals surface area contributed by atoms with Crippen molar-refractivity contribution < 1.29 is 14.3 Å². The Bertz CT molecular complexity index is 986. The Morgan fingerprint density at radius 3 is 2.38 bits per heavy atom. The number of methoxy groups -OCH3 is 1. The minimum atomic E-state index is -0.268. The summed E-state index contributed by atoms with van der Waals surface area (Å²) in [5.74, 6) is 0.843. The smallest absolute Gasteiger partial charge is 0.270 e. The van der Waals surface area contributed by atoms with Crippen molar-refractivity contribution in [3.63, 3.8) is 0 Å². The Morgan fingerprint density at radius 2 is 1.72 bits per heavy atom. The number of nitrogens with one attached hydrogen (secondary N) is 2.